The molecule has 1 unspecified atom stereocenters. The predicted molar refractivity (Wildman–Crippen MR) is 88.7 cm³/mol. The first kappa shape index (κ1) is 16.1. The van der Waals surface area contributed by atoms with Crippen molar-refractivity contribution in [1.29, 1.82) is 0 Å². The van der Waals surface area contributed by atoms with E-state index in [1.165, 1.54) is 0 Å². The molecule has 0 radical (unpaired) electrons. The molecule has 1 atom stereocenters. The van der Waals surface area contributed by atoms with E-state index in [4.69, 9.17) is 6.42 Å². The van der Waals surface area contributed by atoms with E-state index < -0.39 is 0 Å². The number of benzene rings is 1. The lowest BCUT2D eigenvalue weighted by molar-refractivity contribution is -0.137. The van der Waals surface area contributed by atoms with Crippen molar-refractivity contribution in [3.63, 3.8) is 0 Å². The highest BCUT2D eigenvalue weighted by molar-refractivity contribution is 9.10. The molecule has 21 heavy (non-hydrogen) atoms. The van der Waals surface area contributed by atoms with E-state index in [1.54, 1.807) is 0 Å². The molecule has 1 fully saturated rings. The number of terminal acetylenes is 1. The van der Waals surface area contributed by atoms with Crippen molar-refractivity contribution in [2.45, 2.75) is 31.8 Å². The number of nitrogens with zero attached hydrogens (tertiary/aromatic N) is 2. The molecular formula is C17H21BrN2O. The van der Waals surface area contributed by atoms with Gasteiger partial charge in [0.25, 0.3) is 0 Å². The molecule has 0 aromatic heterocycles. The second-order valence-corrected chi connectivity index (χ2v) is 6.42. The number of amides is 1. The Morgan fingerprint density at radius 1 is 1.43 bits per heavy atom. The molecule has 1 aliphatic heterocycles. The van der Waals surface area contributed by atoms with Gasteiger partial charge in [-0.25, -0.2) is 0 Å². The number of hydrogen-bond donors (Lipinski definition) is 0. The van der Waals surface area contributed by atoms with E-state index in [1.807, 2.05) is 36.2 Å². The van der Waals surface area contributed by atoms with Crippen LogP contribution in [0.3, 0.4) is 0 Å². The first-order chi connectivity index (χ1) is 10.1. The van der Waals surface area contributed by atoms with Gasteiger partial charge in [-0.15, -0.1) is 6.42 Å². The summed E-state index contributed by atoms with van der Waals surface area (Å²) in [5.74, 6) is 2.84. The zero-order valence-corrected chi connectivity index (χ0v) is 14.0. The first-order valence-electron chi connectivity index (χ1n) is 7.28. The Bertz CT molecular complexity index is 521. The summed E-state index contributed by atoms with van der Waals surface area (Å²) in [6.07, 6.45) is 8.55. The van der Waals surface area contributed by atoms with Gasteiger partial charge in [-0.1, -0.05) is 40.4 Å². The normalized spacial score (nSPS) is 19.0. The van der Waals surface area contributed by atoms with Gasteiger partial charge in [-0.3, -0.25) is 9.69 Å². The van der Waals surface area contributed by atoms with Gasteiger partial charge in [0.05, 0.1) is 12.6 Å². The fourth-order valence-electron chi connectivity index (χ4n) is 2.77. The summed E-state index contributed by atoms with van der Waals surface area (Å²) < 4.78 is 1.05. The summed E-state index contributed by atoms with van der Waals surface area (Å²) in [6.45, 7) is 2.11. The van der Waals surface area contributed by atoms with Gasteiger partial charge in [0.1, 0.15) is 0 Å². The molecule has 2 rings (SSSR count). The number of piperidine rings is 1. The van der Waals surface area contributed by atoms with Crippen molar-refractivity contribution in [3.8, 4) is 12.3 Å². The van der Waals surface area contributed by atoms with Crippen LogP contribution in [0, 0.1) is 12.3 Å². The summed E-state index contributed by atoms with van der Waals surface area (Å²) in [5, 5.41) is 0. The van der Waals surface area contributed by atoms with Crippen LogP contribution in [-0.4, -0.2) is 41.9 Å². The fourth-order valence-corrected chi connectivity index (χ4v) is 3.04. The maximum absolute atomic E-state index is 12.7. The summed E-state index contributed by atoms with van der Waals surface area (Å²) >= 11 is 3.42. The second kappa shape index (κ2) is 7.63. The van der Waals surface area contributed by atoms with Crippen molar-refractivity contribution in [3.05, 3.63) is 34.3 Å². The number of likely N-dealkylation sites (N-methyl/N-ethyl adjacent to an activating group) is 1. The van der Waals surface area contributed by atoms with E-state index in [2.05, 4.69) is 26.8 Å². The Kier molecular flexibility index (Phi) is 5.84. The van der Waals surface area contributed by atoms with Crippen LogP contribution in [0.5, 0.6) is 0 Å². The lowest BCUT2D eigenvalue weighted by Gasteiger charge is -2.35. The molecule has 3 nitrogen and oxygen atoms in total. The van der Waals surface area contributed by atoms with Crippen LogP contribution in [0.1, 0.15) is 24.8 Å². The molecule has 1 amide bonds. The number of halogens is 1. The number of hydrogen-bond acceptors (Lipinski definition) is 2. The van der Waals surface area contributed by atoms with Gasteiger partial charge >= 0.3 is 0 Å². The molecule has 0 spiro atoms. The monoisotopic (exact) mass is 348 g/mol. The summed E-state index contributed by atoms with van der Waals surface area (Å²) in [6, 6.07) is 8.01. The quantitative estimate of drug-likeness (QED) is 0.781. The van der Waals surface area contributed by atoms with Gasteiger partial charge in [-0.05, 0) is 37.1 Å². The Morgan fingerprint density at radius 2 is 2.14 bits per heavy atom. The molecule has 0 saturated carbocycles. The molecule has 1 aromatic rings. The van der Waals surface area contributed by atoms with Crippen LogP contribution in [0.15, 0.2) is 28.7 Å². The molecule has 4 heteroatoms. The Morgan fingerprint density at radius 3 is 2.81 bits per heavy atom. The molecule has 0 aliphatic carbocycles. The minimum absolute atomic E-state index is 0.0600. The Hall–Kier alpha value is -1.31. The Balaban J connectivity index is 2.00. The molecule has 0 bridgehead atoms. The highest BCUT2D eigenvalue weighted by Crippen LogP contribution is 2.19. The minimum Gasteiger partial charge on any atom is -0.340 e. The van der Waals surface area contributed by atoms with Crippen LogP contribution in [0.2, 0.25) is 0 Å². The van der Waals surface area contributed by atoms with E-state index in [0.29, 0.717) is 13.1 Å². The topological polar surface area (TPSA) is 23.6 Å². The third-order valence-electron chi connectivity index (χ3n) is 3.90. The lowest BCUT2D eigenvalue weighted by Crippen LogP contribution is -2.49. The smallest absolute Gasteiger partial charge is 0.239 e. The van der Waals surface area contributed by atoms with Crippen LogP contribution < -0.4 is 0 Å². The average Bonchev–Trinajstić information content (AvgIpc) is 2.50. The van der Waals surface area contributed by atoms with Crippen molar-refractivity contribution in [2.75, 3.05) is 20.1 Å². The van der Waals surface area contributed by atoms with Crippen molar-refractivity contribution in [1.82, 2.24) is 9.80 Å². The van der Waals surface area contributed by atoms with Gasteiger partial charge in [0.2, 0.25) is 5.91 Å². The molecule has 1 aromatic carbocycles. The number of carbonyl (C=O) groups is 1. The molecule has 1 heterocycles. The largest absolute Gasteiger partial charge is 0.340 e. The number of carbonyl (C=O) groups excluding carboxylic acids is 1. The zero-order chi connectivity index (χ0) is 15.2. The average molecular weight is 349 g/mol. The standard InChI is InChI=1S/C17H21BrN2O/c1-3-11-20-12-5-4-6-16(20)17(21)19(2)13-14-7-9-15(18)10-8-14/h1,7-10,16H,4-6,11-13H2,2H3. The van der Waals surface area contributed by atoms with E-state index in [-0.39, 0.29) is 11.9 Å². The number of likely N-dealkylation sites (tertiary alicyclic amines) is 1. The van der Waals surface area contributed by atoms with Crippen LogP contribution in [0.4, 0.5) is 0 Å². The summed E-state index contributed by atoms with van der Waals surface area (Å²) in [4.78, 5) is 16.6. The summed E-state index contributed by atoms with van der Waals surface area (Å²) in [5.41, 5.74) is 1.13. The van der Waals surface area contributed by atoms with E-state index >= 15 is 0 Å². The minimum atomic E-state index is -0.0600. The molecule has 1 aliphatic rings. The van der Waals surface area contributed by atoms with Gasteiger partial charge in [-0.2, -0.15) is 0 Å². The van der Waals surface area contributed by atoms with Crippen molar-refractivity contribution in [2.24, 2.45) is 0 Å². The maximum atomic E-state index is 12.7. The SMILES string of the molecule is C#CCN1CCCCC1C(=O)N(C)Cc1ccc(Br)cc1. The highest BCUT2D eigenvalue weighted by atomic mass is 79.9. The van der Waals surface area contributed by atoms with E-state index in [9.17, 15) is 4.79 Å². The highest BCUT2D eigenvalue weighted by Gasteiger charge is 2.30. The van der Waals surface area contributed by atoms with Gasteiger partial charge < -0.3 is 4.90 Å². The molecule has 1 saturated heterocycles. The van der Waals surface area contributed by atoms with Crippen molar-refractivity contribution >= 4 is 21.8 Å². The maximum Gasteiger partial charge on any atom is 0.239 e. The van der Waals surface area contributed by atoms with E-state index in [0.717, 1.165) is 35.8 Å². The molecular weight excluding hydrogens is 328 g/mol. The molecule has 112 valence electrons. The van der Waals surface area contributed by atoms with Crippen LogP contribution in [0.25, 0.3) is 0 Å². The van der Waals surface area contributed by atoms with Crippen LogP contribution in [-0.2, 0) is 11.3 Å². The lowest BCUT2D eigenvalue weighted by atomic mass is 10.0. The third kappa shape index (κ3) is 4.33. The Labute approximate surface area is 135 Å². The van der Waals surface area contributed by atoms with Gasteiger partial charge in [0.15, 0.2) is 0 Å². The van der Waals surface area contributed by atoms with Gasteiger partial charge in [0, 0.05) is 18.1 Å². The first-order valence-corrected chi connectivity index (χ1v) is 8.08. The summed E-state index contributed by atoms with van der Waals surface area (Å²) in [7, 11) is 1.87. The fraction of sp³-hybridized carbons (Fsp3) is 0.471. The molecule has 0 N–H and O–H groups in total. The third-order valence-corrected chi connectivity index (χ3v) is 4.43. The van der Waals surface area contributed by atoms with Crippen LogP contribution >= 0.6 is 15.9 Å². The predicted octanol–water partition coefficient (Wildman–Crippen LogP) is 2.90. The van der Waals surface area contributed by atoms with Crippen molar-refractivity contribution < 1.29 is 4.79 Å². The number of rotatable bonds is 4. The second-order valence-electron chi connectivity index (χ2n) is 5.51. The zero-order valence-electron chi connectivity index (χ0n) is 12.4.